The lowest BCUT2D eigenvalue weighted by atomic mass is 10.1. The summed E-state index contributed by atoms with van der Waals surface area (Å²) in [6, 6.07) is 17.0. The van der Waals surface area contributed by atoms with Crippen molar-refractivity contribution in [3.63, 3.8) is 0 Å². The van der Waals surface area contributed by atoms with Crippen molar-refractivity contribution < 1.29 is 0 Å². The van der Waals surface area contributed by atoms with Crippen molar-refractivity contribution in [3.05, 3.63) is 68.6 Å². The van der Waals surface area contributed by atoms with Gasteiger partial charge in [-0.1, -0.05) is 68.3 Å². The van der Waals surface area contributed by atoms with Gasteiger partial charge in [-0.25, -0.2) is 0 Å². The topological polar surface area (TPSA) is 0 Å². The van der Waals surface area contributed by atoms with Crippen molar-refractivity contribution in [1.82, 2.24) is 0 Å². The van der Waals surface area contributed by atoms with Crippen molar-refractivity contribution in [3.8, 4) is 0 Å². The number of benzene rings is 2. The molecule has 0 fully saturated rings. The molecule has 0 aliphatic carbocycles. The molecule has 21 heavy (non-hydrogen) atoms. The molecule has 3 heteroatoms. The van der Waals surface area contributed by atoms with Gasteiger partial charge in [-0.3, -0.25) is 0 Å². The summed E-state index contributed by atoms with van der Waals surface area (Å²) in [6.07, 6.45) is 4.84. The number of hydrogen-bond donors (Lipinski definition) is 0. The van der Waals surface area contributed by atoms with Gasteiger partial charge in [0, 0.05) is 8.95 Å². The number of hydrogen-bond acceptors (Lipinski definition) is 1. The predicted octanol–water partition coefficient (Wildman–Crippen LogP) is 6.51. The number of thioether (sulfide) groups is 1. The first kappa shape index (κ1) is 17.1. The first-order valence-corrected chi connectivity index (χ1v) is 10.1. The van der Waals surface area contributed by atoms with E-state index in [1.807, 2.05) is 0 Å². The molecule has 2 aromatic carbocycles. The molecule has 0 spiro atoms. The van der Waals surface area contributed by atoms with E-state index >= 15 is 0 Å². The summed E-state index contributed by atoms with van der Waals surface area (Å²) in [5, 5.41) is 0. The van der Waals surface area contributed by atoms with Crippen LogP contribution in [0.3, 0.4) is 0 Å². The molecule has 0 saturated carbocycles. The van der Waals surface area contributed by atoms with E-state index in [0.717, 1.165) is 0 Å². The largest absolute Gasteiger partial charge is 0.162 e. The average molecular weight is 428 g/mol. The molecule has 0 saturated heterocycles. The van der Waals surface area contributed by atoms with Crippen LogP contribution in [0.2, 0.25) is 0 Å². The van der Waals surface area contributed by atoms with Crippen molar-refractivity contribution >= 4 is 43.6 Å². The lowest BCUT2D eigenvalue weighted by Gasteiger charge is -2.05. The molecule has 0 aliphatic rings. The first-order chi connectivity index (χ1) is 10.3. The zero-order valence-corrected chi connectivity index (χ0v) is 16.0. The van der Waals surface area contributed by atoms with Gasteiger partial charge in [0.15, 0.2) is 0 Å². The van der Waals surface area contributed by atoms with Gasteiger partial charge in [-0.2, -0.15) is 11.8 Å². The van der Waals surface area contributed by atoms with Crippen LogP contribution >= 0.6 is 43.6 Å². The van der Waals surface area contributed by atoms with Gasteiger partial charge in [0.05, 0.1) is 0 Å². The molecule has 0 bridgehead atoms. The standard InChI is InChI=1S/C18H20Br2S/c19-17-11-3-1-7-15(17)9-5-13-21-14-6-10-16-8-2-4-12-18(16)20/h1-4,7-8,11-12H,5-6,9-10,13-14H2. The predicted molar refractivity (Wildman–Crippen MR) is 102 cm³/mol. The first-order valence-electron chi connectivity index (χ1n) is 7.32. The monoisotopic (exact) mass is 426 g/mol. The van der Waals surface area contributed by atoms with Gasteiger partial charge in [0.1, 0.15) is 0 Å². The molecular weight excluding hydrogens is 408 g/mol. The van der Waals surface area contributed by atoms with Crippen LogP contribution in [0.15, 0.2) is 57.5 Å². The molecule has 0 heterocycles. The third-order valence-corrected chi connectivity index (χ3v) is 6.09. The summed E-state index contributed by atoms with van der Waals surface area (Å²) in [5.41, 5.74) is 2.85. The second-order valence-electron chi connectivity index (χ2n) is 5.00. The molecule has 0 amide bonds. The number of rotatable bonds is 8. The van der Waals surface area contributed by atoms with E-state index in [1.165, 1.54) is 57.3 Å². The van der Waals surface area contributed by atoms with Crippen LogP contribution in [0.1, 0.15) is 24.0 Å². The van der Waals surface area contributed by atoms with Crippen molar-refractivity contribution in [2.45, 2.75) is 25.7 Å². The molecule has 0 aliphatic heterocycles. The molecule has 2 rings (SSSR count). The smallest absolute Gasteiger partial charge is 0.0207 e. The van der Waals surface area contributed by atoms with E-state index in [1.54, 1.807) is 0 Å². The molecule has 0 nitrogen and oxygen atoms in total. The Morgan fingerprint density at radius 2 is 1.10 bits per heavy atom. The van der Waals surface area contributed by atoms with Crippen molar-refractivity contribution in [1.29, 1.82) is 0 Å². The van der Waals surface area contributed by atoms with Crippen LogP contribution in [0.4, 0.5) is 0 Å². The third kappa shape index (κ3) is 6.17. The van der Waals surface area contributed by atoms with Crippen LogP contribution in [0.25, 0.3) is 0 Å². The van der Waals surface area contributed by atoms with Crippen molar-refractivity contribution in [2.75, 3.05) is 11.5 Å². The Bertz CT molecular complexity index is 505. The maximum Gasteiger partial charge on any atom is 0.0207 e. The normalized spacial score (nSPS) is 10.8. The maximum atomic E-state index is 3.61. The summed E-state index contributed by atoms with van der Waals surface area (Å²) in [6.45, 7) is 0. The minimum atomic E-state index is 1.17. The Balaban J connectivity index is 1.57. The average Bonchev–Trinajstić information content (AvgIpc) is 2.50. The molecule has 2 aromatic rings. The molecule has 0 aromatic heterocycles. The van der Waals surface area contributed by atoms with Crippen LogP contribution in [-0.4, -0.2) is 11.5 Å². The molecule has 112 valence electrons. The quantitative estimate of drug-likeness (QED) is 0.432. The highest BCUT2D eigenvalue weighted by atomic mass is 79.9. The highest BCUT2D eigenvalue weighted by molar-refractivity contribution is 9.10. The number of aryl methyl sites for hydroxylation is 2. The Kier molecular flexibility index (Phi) is 7.91. The van der Waals surface area contributed by atoms with E-state index in [4.69, 9.17) is 0 Å². The Morgan fingerprint density at radius 3 is 1.52 bits per heavy atom. The fraction of sp³-hybridized carbons (Fsp3) is 0.333. The summed E-state index contributed by atoms with van der Waals surface area (Å²) in [5.74, 6) is 2.49. The van der Waals surface area contributed by atoms with Gasteiger partial charge in [-0.15, -0.1) is 0 Å². The van der Waals surface area contributed by atoms with E-state index in [9.17, 15) is 0 Å². The fourth-order valence-electron chi connectivity index (χ4n) is 2.23. The van der Waals surface area contributed by atoms with E-state index in [-0.39, 0.29) is 0 Å². The zero-order valence-electron chi connectivity index (χ0n) is 12.0. The molecule has 0 unspecified atom stereocenters. The highest BCUT2D eigenvalue weighted by Gasteiger charge is 2.00. The summed E-state index contributed by atoms with van der Waals surface area (Å²) < 4.78 is 2.48. The lowest BCUT2D eigenvalue weighted by Crippen LogP contribution is -1.92. The minimum Gasteiger partial charge on any atom is -0.162 e. The van der Waals surface area contributed by atoms with Crippen LogP contribution in [0, 0.1) is 0 Å². The summed E-state index contributed by atoms with van der Waals surface area (Å²) in [7, 11) is 0. The molecule has 0 radical (unpaired) electrons. The maximum absolute atomic E-state index is 3.61. The van der Waals surface area contributed by atoms with Crippen LogP contribution in [-0.2, 0) is 12.8 Å². The summed E-state index contributed by atoms with van der Waals surface area (Å²) in [4.78, 5) is 0. The van der Waals surface area contributed by atoms with Crippen molar-refractivity contribution in [2.24, 2.45) is 0 Å². The SMILES string of the molecule is Brc1ccccc1CCCSCCCc1ccccc1Br. The fourth-order valence-corrected chi connectivity index (χ4v) is 4.10. The van der Waals surface area contributed by atoms with Gasteiger partial charge < -0.3 is 0 Å². The third-order valence-electron chi connectivity index (χ3n) is 3.39. The van der Waals surface area contributed by atoms with Gasteiger partial charge in [-0.05, 0) is 60.4 Å². The molecule has 0 atom stereocenters. The molecular formula is C18H20Br2S. The lowest BCUT2D eigenvalue weighted by molar-refractivity contribution is 0.910. The van der Waals surface area contributed by atoms with E-state index in [0.29, 0.717) is 0 Å². The Morgan fingerprint density at radius 1 is 0.667 bits per heavy atom. The Hall–Kier alpha value is -0.250. The Labute approximate surface area is 149 Å². The van der Waals surface area contributed by atoms with E-state index in [2.05, 4.69) is 92.2 Å². The molecule has 0 N–H and O–H groups in total. The highest BCUT2D eigenvalue weighted by Crippen LogP contribution is 2.20. The van der Waals surface area contributed by atoms with Gasteiger partial charge >= 0.3 is 0 Å². The van der Waals surface area contributed by atoms with Gasteiger partial charge in [0.2, 0.25) is 0 Å². The van der Waals surface area contributed by atoms with Gasteiger partial charge in [0.25, 0.3) is 0 Å². The zero-order chi connectivity index (χ0) is 14.9. The van der Waals surface area contributed by atoms with Crippen LogP contribution in [0.5, 0.6) is 0 Å². The minimum absolute atomic E-state index is 1.17. The van der Waals surface area contributed by atoms with Crippen LogP contribution < -0.4 is 0 Å². The number of halogens is 2. The summed E-state index contributed by atoms with van der Waals surface area (Å²) >= 11 is 9.30. The van der Waals surface area contributed by atoms with E-state index < -0.39 is 0 Å². The second kappa shape index (κ2) is 9.70. The second-order valence-corrected chi connectivity index (χ2v) is 7.94.